The van der Waals surface area contributed by atoms with Crippen molar-refractivity contribution >= 4 is 33.5 Å². The Balaban J connectivity index is 1.63. The highest BCUT2D eigenvalue weighted by Crippen LogP contribution is 2.29. The number of rotatable bonds is 4. The molecule has 2 aromatic rings. The fourth-order valence-electron chi connectivity index (χ4n) is 3.41. The van der Waals surface area contributed by atoms with Crippen LogP contribution in [0.1, 0.15) is 19.4 Å². The van der Waals surface area contributed by atoms with Crippen LogP contribution in [0, 0.1) is 0 Å². The molecule has 8 heteroatoms. The number of hydrogen-bond acceptors (Lipinski definition) is 3. The molecule has 7 nitrogen and oxygen atoms in total. The van der Waals surface area contributed by atoms with E-state index in [1.54, 1.807) is 22.8 Å². The van der Waals surface area contributed by atoms with Crippen LogP contribution in [0.2, 0.25) is 0 Å². The molecule has 1 aliphatic rings. The summed E-state index contributed by atoms with van der Waals surface area (Å²) >= 11 is 3.65. The predicted molar refractivity (Wildman–Crippen MR) is 116 cm³/mol. The van der Waals surface area contributed by atoms with E-state index in [2.05, 4.69) is 57.3 Å². The number of nitrogens with zero attached hydrogens (tertiary/aromatic N) is 5. The third-order valence-electron chi connectivity index (χ3n) is 5.03. The first kappa shape index (κ1) is 20.4. The van der Waals surface area contributed by atoms with Crippen molar-refractivity contribution in [3.63, 3.8) is 0 Å². The summed E-state index contributed by atoms with van der Waals surface area (Å²) in [7, 11) is 3.61. The zero-order valence-corrected chi connectivity index (χ0v) is 18.4. The first-order valence-electron chi connectivity index (χ1n) is 9.31. The maximum atomic E-state index is 12.7. The highest BCUT2D eigenvalue weighted by Gasteiger charge is 2.29. The number of aromatic nitrogens is 2. The normalized spacial score (nSPS) is 15.9. The number of piperazine rings is 1. The molecule has 0 aliphatic carbocycles. The van der Waals surface area contributed by atoms with Gasteiger partial charge >= 0.3 is 0 Å². The monoisotopic (exact) mass is 446 g/mol. The van der Waals surface area contributed by atoms with Gasteiger partial charge in [0.15, 0.2) is 5.96 Å². The fourth-order valence-corrected chi connectivity index (χ4v) is 4.23. The minimum absolute atomic E-state index is 0.0484. The van der Waals surface area contributed by atoms with Crippen molar-refractivity contribution in [2.45, 2.75) is 19.3 Å². The van der Waals surface area contributed by atoms with Crippen molar-refractivity contribution in [1.82, 2.24) is 20.0 Å². The molecule has 1 fully saturated rings. The van der Waals surface area contributed by atoms with Crippen LogP contribution in [0.3, 0.4) is 0 Å². The largest absolute Gasteiger partial charge is 0.355 e. The molecule has 1 aromatic carbocycles. The summed E-state index contributed by atoms with van der Waals surface area (Å²) in [5.74, 6) is 0.798. The zero-order chi connectivity index (χ0) is 20.3. The van der Waals surface area contributed by atoms with Crippen molar-refractivity contribution in [3.05, 3.63) is 46.7 Å². The van der Waals surface area contributed by atoms with Gasteiger partial charge in [-0.2, -0.15) is 5.10 Å². The summed E-state index contributed by atoms with van der Waals surface area (Å²) < 4.78 is 2.80. The number of aryl methyl sites for hydroxylation is 1. The lowest BCUT2D eigenvalue weighted by Gasteiger charge is -2.36. The smallest absolute Gasteiger partial charge is 0.246 e. The van der Waals surface area contributed by atoms with Crippen LogP contribution in [0.15, 0.2) is 46.1 Å². The first-order chi connectivity index (χ1) is 13.3. The van der Waals surface area contributed by atoms with Crippen LogP contribution >= 0.6 is 15.9 Å². The topological polar surface area (TPSA) is 65.8 Å². The van der Waals surface area contributed by atoms with Gasteiger partial charge in [-0.1, -0.05) is 48.0 Å². The predicted octanol–water partition coefficient (Wildman–Crippen LogP) is 2.38. The number of aliphatic imine (C=N–C) groups is 1. The molecule has 28 heavy (non-hydrogen) atoms. The van der Waals surface area contributed by atoms with Gasteiger partial charge in [-0.15, -0.1) is 0 Å². The van der Waals surface area contributed by atoms with E-state index in [4.69, 9.17) is 0 Å². The van der Waals surface area contributed by atoms with E-state index < -0.39 is 0 Å². The lowest BCUT2D eigenvalue weighted by molar-refractivity contribution is -0.120. The summed E-state index contributed by atoms with van der Waals surface area (Å²) in [6.07, 6.45) is 3.59. The van der Waals surface area contributed by atoms with Crippen molar-refractivity contribution < 1.29 is 4.79 Å². The summed E-state index contributed by atoms with van der Waals surface area (Å²) in [5.41, 5.74) is 1.97. The number of nitrogens with one attached hydrogen (secondary N) is 1. The van der Waals surface area contributed by atoms with Crippen molar-refractivity contribution in [2.24, 2.45) is 12.0 Å². The van der Waals surface area contributed by atoms with E-state index in [0.29, 0.717) is 19.6 Å². The lowest BCUT2D eigenvalue weighted by atomic mass is 9.84. The third-order valence-corrected chi connectivity index (χ3v) is 5.72. The van der Waals surface area contributed by atoms with Gasteiger partial charge in [-0.05, 0) is 11.6 Å². The Labute approximate surface area is 174 Å². The van der Waals surface area contributed by atoms with Crippen LogP contribution in [-0.2, 0) is 17.3 Å². The van der Waals surface area contributed by atoms with E-state index in [9.17, 15) is 4.79 Å². The third kappa shape index (κ3) is 4.38. The molecule has 0 unspecified atom stereocenters. The molecule has 2 heterocycles. The summed E-state index contributed by atoms with van der Waals surface area (Å²) in [6.45, 7) is 6.72. The van der Waals surface area contributed by atoms with Gasteiger partial charge in [0.2, 0.25) is 5.91 Å². The van der Waals surface area contributed by atoms with Crippen LogP contribution < -0.4 is 10.2 Å². The number of carbonyl (C=O) groups is 1. The number of halogens is 1. The molecule has 0 spiro atoms. The van der Waals surface area contributed by atoms with E-state index in [0.717, 1.165) is 22.7 Å². The average molecular weight is 447 g/mol. The molecular formula is C20H27BrN6O. The summed E-state index contributed by atoms with van der Waals surface area (Å²) in [4.78, 5) is 20.8. The Hall–Kier alpha value is -2.35. The number of guanidine groups is 1. The van der Waals surface area contributed by atoms with Crippen LogP contribution in [0.5, 0.6) is 0 Å². The molecular weight excluding hydrogens is 420 g/mol. The number of amides is 1. The molecule has 1 aromatic heterocycles. The minimum Gasteiger partial charge on any atom is -0.355 e. The SMILES string of the molecule is CN=C(NCC(C)(C)c1ccccc1Br)N1CCN(c2cnn(C)c2)C(=O)C1. The minimum atomic E-state index is -0.0996. The molecule has 0 saturated carbocycles. The Bertz CT molecular complexity index is 875. The first-order valence-corrected chi connectivity index (χ1v) is 10.1. The van der Waals surface area contributed by atoms with Gasteiger partial charge in [-0.25, -0.2) is 0 Å². The Morgan fingerprint density at radius 1 is 1.32 bits per heavy atom. The molecule has 1 saturated heterocycles. The second-order valence-electron chi connectivity index (χ2n) is 7.60. The Morgan fingerprint density at radius 2 is 2.07 bits per heavy atom. The van der Waals surface area contributed by atoms with E-state index >= 15 is 0 Å². The average Bonchev–Trinajstić information content (AvgIpc) is 3.08. The number of benzene rings is 1. The Morgan fingerprint density at radius 3 is 2.68 bits per heavy atom. The quantitative estimate of drug-likeness (QED) is 0.578. The van der Waals surface area contributed by atoms with Crippen molar-refractivity contribution in [2.75, 3.05) is 38.1 Å². The number of carbonyl (C=O) groups excluding carboxylic acids is 1. The molecule has 150 valence electrons. The van der Waals surface area contributed by atoms with Gasteiger partial charge in [0, 0.05) is 49.8 Å². The van der Waals surface area contributed by atoms with Gasteiger partial charge < -0.3 is 15.1 Å². The molecule has 0 atom stereocenters. The van der Waals surface area contributed by atoms with Crippen molar-refractivity contribution in [1.29, 1.82) is 0 Å². The van der Waals surface area contributed by atoms with Gasteiger partial charge in [-0.3, -0.25) is 14.5 Å². The molecule has 3 rings (SSSR count). The lowest BCUT2D eigenvalue weighted by Crippen LogP contribution is -2.56. The molecule has 1 N–H and O–H groups in total. The molecule has 0 radical (unpaired) electrons. The fraction of sp³-hybridized carbons (Fsp3) is 0.450. The van der Waals surface area contributed by atoms with E-state index in [-0.39, 0.29) is 11.3 Å². The van der Waals surface area contributed by atoms with Gasteiger partial charge in [0.1, 0.15) is 6.54 Å². The Kier molecular flexibility index (Phi) is 6.07. The molecule has 1 amide bonds. The van der Waals surface area contributed by atoms with Gasteiger partial charge in [0.05, 0.1) is 11.9 Å². The standard InChI is InChI=1S/C20H27BrN6O/c1-20(2,16-7-5-6-8-17(16)21)14-23-19(22-3)26-9-10-27(18(28)13-26)15-11-24-25(4)12-15/h5-8,11-12H,9-10,13-14H2,1-4H3,(H,22,23). The molecule has 1 aliphatic heterocycles. The highest BCUT2D eigenvalue weighted by atomic mass is 79.9. The zero-order valence-electron chi connectivity index (χ0n) is 16.8. The van der Waals surface area contributed by atoms with Crippen LogP contribution in [0.25, 0.3) is 0 Å². The second kappa shape index (κ2) is 8.34. The summed E-state index contributed by atoms with van der Waals surface area (Å²) in [5, 5.41) is 7.61. The van der Waals surface area contributed by atoms with Gasteiger partial charge in [0.25, 0.3) is 0 Å². The van der Waals surface area contributed by atoms with E-state index in [1.807, 2.05) is 30.3 Å². The van der Waals surface area contributed by atoms with Crippen molar-refractivity contribution in [3.8, 4) is 0 Å². The number of hydrogen-bond donors (Lipinski definition) is 1. The van der Waals surface area contributed by atoms with Crippen LogP contribution in [-0.4, -0.2) is 59.8 Å². The maximum absolute atomic E-state index is 12.7. The summed E-state index contributed by atoms with van der Waals surface area (Å²) in [6, 6.07) is 8.25. The second-order valence-corrected chi connectivity index (χ2v) is 8.46. The van der Waals surface area contributed by atoms with E-state index in [1.165, 1.54) is 5.56 Å². The molecule has 0 bridgehead atoms. The highest BCUT2D eigenvalue weighted by molar-refractivity contribution is 9.10. The number of anilines is 1. The van der Waals surface area contributed by atoms with Crippen LogP contribution in [0.4, 0.5) is 5.69 Å². The maximum Gasteiger partial charge on any atom is 0.246 e.